The number of hydrogen-bond donors (Lipinski definition) is 2. The average Bonchev–Trinajstić information content (AvgIpc) is 2.32. The SMILES string of the molecule is Cc1cccc(NC(=O)Cc2ccc(O)cc2)c1. The highest BCUT2D eigenvalue weighted by atomic mass is 16.3. The van der Waals surface area contributed by atoms with Gasteiger partial charge in [0.2, 0.25) is 5.91 Å². The molecule has 92 valence electrons. The van der Waals surface area contributed by atoms with Gasteiger partial charge in [-0.05, 0) is 42.3 Å². The van der Waals surface area contributed by atoms with Gasteiger partial charge in [-0.3, -0.25) is 4.79 Å². The lowest BCUT2D eigenvalue weighted by atomic mass is 10.1. The molecular weight excluding hydrogens is 226 g/mol. The molecule has 0 unspecified atom stereocenters. The Morgan fingerprint density at radius 2 is 1.89 bits per heavy atom. The van der Waals surface area contributed by atoms with Crippen LogP contribution in [-0.2, 0) is 11.2 Å². The zero-order chi connectivity index (χ0) is 13.0. The zero-order valence-corrected chi connectivity index (χ0v) is 10.2. The van der Waals surface area contributed by atoms with Crippen molar-refractivity contribution in [2.75, 3.05) is 5.32 Å². The van der Waals surface area contributed by atoms with Crippen LogP contribution in [-0.4, -0.2) is 11.0 Å². The highest BCUT2D eigenvalue weighted by Crippen LogP contribution is 2.12. The quantitative estimate of drug-likeness (QED) is 0.868. The molecule has 0 bridgehead atoms. The van der Waals surface area contributed by atoms with Gasteiger partial charge in [0.1, 0.15) is 5.75 Å². The van der Waals surface area contributed by atoms with E-state index in [1.54, 1.807) is 24.3 Å². The molecule has 2 rings (SSSR count). The van der Waals surface area contributed by atoms with Gasteiger partial charge in [0.15, 0.2) is 0 Å². The van der Waals surface area contributed by atoms with Crippen molar-refractivity contribution >= 4 is 11.6 Å². The number of carbonyl (C=O) groups excluding carboxylic acids is 1. The Labute approximate surface area is 106 Å². The summed E-state index contributed by atoms with van der Waals surface area (Å²) in [6.07, 6.45) is 0.300. The second-order valence-corrected chi connectivity index (χ2v) is 4.26. The first kappa shape index (κ1) is 12.2. The number of nitrogens with one attached hydrogen (secondary N) is 1. The predicted molar refractivity (Wildman–Crippen MR) is 71.6 cm³/mol. The molecule has 0 heterocycles. The van der Waals surface area contributed by atoms with E-state index in [0.717, 1.165) is 16.8 Å². The van der Waals surface area contributed by atoms with Crippen LogP contribution in [0.3, 0.4) is 0 Å². The number of anilines is 1. The van der Waals surface area contributed by atoms with Gasteiger partial charge < -0.3 is 10.4 Å². The third kappa shape index (κ3) is 3.35. The topological polar surface area (TPSA) is 49.3 Å². The molecule has 0 atom stereocenters. The first-order valence-corrected chi connectivity index (χ1v) is 5.78. The summed E-state index contributed by atoms with van der Waals surface area (Å²) in [5.41, 5.74) is 2.79. The number of amides is 1. The number of hydrogen-bond acceptors (Lipinski definition) is 2. The number of rotatable bonds is 3. The molecule has 0 fully saturated rings. The van der Waals surface area contributed by atoms with Crippen molar-refractivity contribution in [1.29, 1.82) is 0 Å². The van der Waals surface area contributed by atoms with E-state index in [9.17, 15) is 4.79 Å². The van der Waals surface area contributed by atoms with Gasteiger partial charge in [-0.25, -0.2) is 0 Å². The van der Waals surface area contributed by atoms with Crippen LogP contribution in [0.2, 0.25) is 0 Å². The first-order chi connectivity index (χ1) is 8.63. The maximum atomic E-state index is 11.8. The molecular formula is C15H15NO2. The molecule has 0 aliphatic carbocycles. The largest absolute Gasteiger partial charge is 0.508 e. The Balaban J connectivity index is 1.98. The number of phenols is 1. The Morgan fingerprint density at radius 3 is 2.56 bits per heavy atom. The second-order valence-electron chi connectivity index (χ2n) is 4.26. The van der Waals surface area contributed by atoms with Crippen molar-refractivity contribution in [2.24, 2.45) is 0 Å². The fourth-order valence-electron chi connectivity index (χ4n) is 1.73. The smallest absolute Gasteiger partial charge is 0.228 e. The molecule has 2 aromatic rings. The highest BCUT2D eigenvalue weighted by molar-refractivity contribution is 5.92. The number of carbonyl (C=O) groups is 1. The zero-order valence-electron chi connectivity index (χ0n) is 10.2. The molecule has 2 aromatic carbocycles. The summed E-state index contributed by atoms with van der Waals surface area (Å²) in [6, 6.07) is 14.3. The second kappa shape index (κ2) is 5.36. The molecule has 3 nitrogen and oxygen atoms in total. The predicted octanol–water partition coefficient (Wildman–Crippen LogP) is 2.88. The lowest BCUT2D eigenvalue weighted by Gasteiger charge is -2.06. The van der Waals surface area contributed by atoms with E-state index in [4.69, 9.17) is 5.11 Å². The summed E-state index contributed by atoms with van der Waals surface area (Å²) in [5.74, 6) is 0.143. The Bertz CT molecular complexity index is 547. The Hall–Kier alpha value is -2.29. The van der Waals surface area contributed by atoms with Crippen molar-refractivity contribution in [3.05, 3.63) is 59.7 Å². The van der Waals surface area contributed by atoms with Gasteiger partial charge >= 0.3 is 0 Å². The van der Waals surface area contributed by atoms with E-state index in [1.807, 2.05) is 31.2 Å². The minimum absolute atomic E-state index is 0.0636. The lowest BCUT2D eigenvalue weighted by Crippen LogP contribution is -2.14. The van der Waals surface area contributed by atoms with Gasteiger partial charge in [0.05, 0.1) is 6.42 Å². The number of phenolic OH excluding ortho intramolecular Hbond substituents is 1. The highest BCUT2D eigenvalue weighted by Gasteiger charge is 2.04. The van der Waals surface area contributed by atoms with E-state index in [1.165, 1.54) is 0 Å². The maximum absolute atomic E-state index is 11.8. The average molecular weight is 241 g/mol. The van der Waals surface area contributed by atoms with Crippen LogP contribution in [0.4, 0.5) is 5.69 Å². The maximum Gasteiger partial charge on any atom is 0.228 e. The molecule has 0 aliphatic heterocycles. The van der Waals surface area contributed by atoms with Crippen LogP contribution in [0, 0.1) is 6.92 Å². The van der Waals surface area contributed by atoms with E-state index in [0.29, 0.717) is 6.42 Å². The van der Waals surface area contributed by atoms with E-state index in [2.05, 4.69) is 5.32 Å². The third-order valence-electron chi connectivity index (χ3n) is 2.60. The molecule has 1 amide bonds. The van der Waals surface area contributed by atoms with Crippen molar-refractivity contribution < 1.29 is 9.90 Å². The molecule has 0 saturated carbocycles. The van der Waals surface area contributed by atoms with Crippen molar-refractivity contribution in [3.63, 3.8) is 0 Å². The van der Waals surface area contributed by atoms with Crippen molar-refractivity contribution in [2.45, 2.75) is 13.3 Å². The summed E-state index contributed by atoms with van der Waals surface area (Å²) >= 11 is 0. The normalized spacial score (nSPS) is 10.1. The lowest BCUT2D eigenvalue weighted by molar-refractivity contribution is -0.115. The van der Waals surface area contributed by atoms with Crippen LogP contribution in [0.1, 0.15) is 11.1 Å². The Kier molecular flexibility index (Phi) is 3.63. The van der Waals surface area contributed by atoms with Crippen LogP contribution in [0.15, 0.2) is 48.5 Å². The minimum Gasteiger partial charge on any atom is -0.508 e. The Morgan fingerprint density at radius 1 is 1.17 bits per heavy atom. The molecule has 0 aliphatic rings. The molecule has 0 aromatic heterocycles. The monoisotopic (exact) mass is 241 g/mol. The molecule has 3 heteroatoms. The molecule has 18 heavy (non-hydrogen) atoms. The molecule has 0 spiro atoms. The number of benzene rings is 2. The van der Waals surface area contributed by atoms with Gasteiger partial charge in [0.25, 0.3) is 0 Å². The summed E-state index contributed by atoms with van der Waals surface area (Å²) in [7, 11) is 0. The minimum atomic E-state index is -0.0636. The fraction of sp³-hybridized carbons (Fsp3) is 0.133. The van der Waals surface area contributed by atoms with Crippen LogP contribution >= 0.6 is 0 Å². The molecule has 0 saturated heterocycles. The van der Waals surface area contributed by atoms with Gasteiger partial charge in [-0.1, -0.05) is 24.3 Å². The first-order valence-electron chi connectivity index (χ1n) is 5.78. The van der Waals surface area contributed by atoms with Gasteiger partial charge in [-0.2, -0.15) is 0 Å². The fourth-order valence-corrected chi connectivity index (χ4v) is 1.73. The van der Waals surface area contributed by atoms with Gasteiger partial charge in [0, 0.05) is 5.69 Å². The van der Waals surface area contributed by atoms with Crippen LogP contribution in [0.25, 0.3) is 0 Å². The standard InChI is InChI=1S/C15H15NO2/c1-11-3-2-4-13(9-11)16-15(18)10-12-5-7-14(17)8-6-12/h2-9,17H,10H2,1H3,(H,16,18). The number of aryl methyl sites for hydroxylation is 1. The number of aromatic hydroxyl groups is 1. The van der Waals surface area contributed by atoms with Crippen LogP contribution in [0.5, 0.6) is 5.75 Å². The van der Waals surface area contributed by atoms with Gasteiger partial charge in [-0.15, -0.1) is 0 Å². The summed E-state index contributed by atoms with van der Waals surface area (Å²) < 4.78 is 0. The molecule has 2 N–H and O–H groups in total. The van der Waals surface area contributed by atoms with Crippen molar-refractivity contribution in [1.82, 2.24) is 0 Å². The van der Waals surface area contributed by atoms with E-state index < -0.39 is 0 Å². The van der Waals surface area contributed by atoms with E-state index >= 15 is 0 Å². The summed E-state index contributed by atoms with van der Waals surface area (Å²) in [4.78, 5) is 11.8. The summed E-state index contributed by atoms with van der Waals surface area (Å²) in [6.45, 7) is 1.98. The van der Waals surface area contributed by atoms with Crippen LogP contribution < -0.4 is 5.32 Å². The molecule has 0 radical (unpaired) electrons. The third-order valence-corrected chi connectivity index (χ3v) is 2.60. The summed E-state index contributed by atoms with van der Waals surface area (Å²) in [5, 5.41) is 12.0. The van der Waals surface area contributed by atoms with Crippen molar-refractivity contribution in [3.8, 4) is 5.75 Å². The van der Waals surface area contributed by atoms with E-state index in [-0.39, 0.29) is 11.7 Å².